The van der Waals surface area contributed by atoms with Gasteiger partial charge >= 0.3 is 0 Å². The molecule has 0 radical (unpaired) electrons. The van der Waals surface area contributed by atoms with Crippen LogP contribution in [0.2, 0.25) is 5.02 Å². The van der Waals surface area contributed by atoms with Gasteiger partial charge in [0.1, 0.15) is 5.82 Å². The summed E-state index contributed by atoms with van der Waals surface area (Å²) in [5.41, 5.74) is 0.423. The molecule has 0 bridgehead atoms. The number of rotatable bonds is 3. The average molecular weight is 369 g/mol. The zero-order valence-corrected chi connectivity index (χ0v) is 13.4. The molecule has 0 fully saturated rings. The second-order valence-electron chi connectivity index (χ2n) is 4.72. The summed E-state index contributed by atoms with van der Waals surface area (Å²) >= 11 is 6.89. The number of carbonyl (C=O) groups is 1. The molecule has 0 aliphatic rings. The van der Waals surface area contributed by atoms with E-state index in [0.29, 0.717) is 11.3 Å². The number of benzene rings is 2. The highest BCUT2D eigenvalue weighted by Crippen LogP contribution is 2.27. The number of nitrogens with one attached hydrogen (secondary N) is 1. The van der Waals surface area contributed by atoms with Crippen molar-refractivity contribution in [2.45, 2.75) is 0 Å². The van der Waals surface area contributed by atoms with E-state index in [1.807, 2.05) is 0 Å². The van der Waals surface area contributed by atoms with E-state index in [4.69, 9.17) is 11.6 Å². The fourth-order valence-corrected chi connectivity index (χ4v) is 2.96. The molecule has 1 N–H and O–H groups in total. The number of hydrogen-bond donors (Lipinski definition) is 1. The molecule has 0 atom stereocenters. The molecule has 0 saturated carbocycles. The average Bonchev–Trinajstić information content (AvgIpc) is 2.98. The van der Waals surface area contributed by atoms with E-state index in [2.05, 4.69) is 10.3 Å². The van der Waals surface area contributed by atoms with Gasteiger partial charge in [0.25, 0.3) is 5.91 Å². The maximum Gasteiger partial charge on any atom is 0.261 e. The van der Waals surface area contributed by atoms with Gasteiger partial charge in [0, 0.05) is 10.9 Å². The van der Waals surface area contributed by atoms with Gasteiger partial charge in [-0.15, -0.1) is 11.3 Å². The summed E-state index contributed by atoms with van der Waals surface area (Å²) < 4.78 is 39.9. The fraction of sp³-hybridized carbons (Fsp3) is 0. The Labute approximate surface area is 143 Å². The third-order valence-electron chi connectivity index (χ3n) is 3.13. The third-order valence-corrected chi connectivity index (χ3v) is 4.20. The van der Waals surface area contributed by atoms with Crippen LogP contribution >= 0.6 is 22.9 Å². The van der Waals surface area contributed by atoms with Gasteiger partial charge in [0.15, 0.2) is 16.8 Å². The third kappa shape index (κ3) is 3.27. The minimum atomic E-state index is -0.996. The van der Waals surface area contributed by atoms with E-state index in [1.54, 1.807) is 5.38 Å². The van der Waals surface area contributed by atoms with Gasteiger partial charge in [-0.05, 0) is 30.3 Å². The van der Waals surface area contributed by atoms with Crippen LogP contribution in [0.4, 0.5) is 18.3 Å². The topological polar surface area (TPSA) is 42.0 Å². The van der Waals surface area contributed by atoms with Gasteiger partial charge in [0.2, 0.25) is 0 Å². The minimum absolute atomic E-state index is 0.0233. The molecule has 3 rings (SSSR count). The molecular formula is C16H8ClF3N2OS. The zero-order chi connectivity index (χ0) is 17.3. The van der Waals surface area contributed by atoms with Crippen molar-refractivity contribution in [2.75, 3.05) is 5.32 Å². The molecule has 1 aromatic heterocycles. The van der Waals surface area contributed by atoms with Gasteiger partial charge in [0.05, 0.1) is 16.3 Å². The van der Waals surface area contributed by atoms with Gasteiger partial charge in [-0.2, -0.15) is 0 Å². The molecule has 0 spiro atoms. The number of nitrogens with zero attached hydrogens (tertiary/aromatic N) is 1. The van der Waals surface area contributed by atoms with E-state index in [-0.39, 0.29) is 15.7 Å². The predicted octanol–water partition coefficient (Wildman–Crippen LogP) is 5.13. The number of anilines is 1. The summed E-state index contributed by atoms with van der Waals surface area (Å²) in [5, 5.41) is 4.15. The summed E-state index contributed by atoms with van der Waals surface area (Å²) in [7, 11) is 0. The molecule has 8 heteroatoms. The Balaban J connectivity index is 1.83. The second kappa shape index (κ2) is 6.62. The van der Waals surface area contributed by atoms with Crippen molar-refractivity contribution in [3.8, 4) is 11.3 Å². The Morgan fingerprint density at radius 2 is 1.88 bits per heavy atom. The molecule has 2 aromatic carbocycles. The lowest BCUT2D eigenvalue weighted by Crippen LogP contribution is -2.14. The molecule has 0 unspecified atom stereocenters. The number of thiazole rings is 1. The molecule has 3 nitrogen and oxygen atoms in total. The van der Waals surface area contributed by atoms with Crippen LogP contribution < -0.4 is 5.32 Å². The molecule has 1 heterocycles. The van der Waals surface area contributed by atoms with Crippen LogP contribution in [0.1, 0.15) is 10.4 Å². The molecule has 0 aliphatic carbocycles. The standard InChI is InChI=1S/C16H8ClF3N2OS/c17-9-2-1-3-11(19)14(9)15(23)22-16-21-13(7-24-16)8-4-5-10(18)12(20)6-8/h1-7H,(H,21,22,23). The van der Waals surface area contributed by atoms with Crippen molar-refractivity contribution in [3.63, 3.8) is 0 Å². The van der Waals surface area contributed by atoms with Crippen molar-refractivity contribution < 1.29 is 18.0 Å². The molecule has 0 saturated heterocycles. The van der Waals surface area contributed by atoms with Crippen molar-refractivity contribution in [3.05, 3.63) is 69.8 Å². The largest absolute Gasteiger partial charge is 0.298 e. The first-order valence-corrected chi connectivity index (χ1v) is 7.88. The number of halogens is 4. The summed E-state index contributed by atoms with van der Waals surface area (Å²) in [4.78, 5) is 16.2. The van der Waals surface area contributed by atoms with Crippen LogP contribution in [0.15, 0.2) is 41.8 Å². The number of amides is 1. The van der Waals surface area contributed by atoms with Crippen molar-refractivity contribution >= 4 is 34.0 Å². The summed E-state index contributed by atoms with van der Waals surface area (Å²) in [6, 6.07) is 7.26. The van der Waals surface area contributed by atoms with Crippen LogP contribution in [-0.4, -0.2) is 10.9 Å². The van der Waals surface area contributed by atoms with Crippen molar-refractivity contribution in [2.24, 2.45) is 0 Å². The van der Waals surface area contributed by atoms with Crippen LogP contribution in [0.3, 0.4) is 0 Å². The quantitative estimate of drug-likeness (QED) is 0.696. The molecule has 122 valence electrons. The highest BCUT2D eigenvalue weighted by atomic mass is 35.5. The molecule has 24 heavy (non-hydrogen) atoms. The number of aromatic nitrogens is 1. The van der Waals surface area contributed by atoms with Crippen LogP contribution in [-0.2, 0) is 0 Å². The monoisotopic (exact) mass is 368 g/mol. The van der Waals surface area contributed by atoms with Crippen molar-refractivity contribution in [1.29, 1.82) is 0 Å². The maximum absolute atomic E-state index is 13.7. The Kier molecular flexibility index (Phi) is 4.55. The highest BCUT2D eigenvalue weighted by Gasteiger charge is 2.17. The van der Waals surface area contributed by atoms with Crippen LogP contribution in [0.25, 0.3) is 11.3 Å². The van der Waals surface area contributed by atoms with Gasteiger partial charge in [-0.25, -0.2) is 18.2 Å². The lowest BCUT2D eigenvalue weighted by Gasteiger charge is -2.05. The SMILES string of the molecule is O=C(Nc1nc(-c2ccc(F)c(F)c2)cs1)c1c(F)cccc1Cl. The first-order chi connectivity index (χ1) is 11.5. The van der Waals surface area contributed by atoms with Crippen LogP contribution in [0, 0.1) is 17.5 Å². The first-order valence-electron chi connectivity index (χ1n) is 6.62. The Bertz CT molecular complexity index is 909. The van der Waals surface area contributed by atoms with Crippen LogP contribution in [0.5, 0.6) is 0 Å². The first kappa shape index (κ1) is 16.5. The second-order valence-corrected chi connectivity index (χ2v) is 5.98. The van der Waals surface area contributed by atoms with Gasteiger partial charge in [-0.3, -0.25) is 10.1 Å². The molecule has 1 amide bonds. The van der Waals surface area contributed by atoms with E-state index >= 15 is 0 Å². The number of carbonyl (C=O) groups excluding carboxylic acids is 1. The molecule has 0 aliphatic heterocycles. The maximum atomic E-state index is 13.7. The lowest BCUT2D eigenvalue weighted by molar-refractivity contribution is 0.102. The molecule has 3 aromatic rings. The minimum Gasteiger partial charge on any atom is -0.298 e. The van der Waals surface area contributed by atoms with E-state index < -0.39 is 23.4 Å². The lowest BCUT2D eigenvalue weighted by atomic mass is 10.2. The Hall–Kier alpha value is -2.38. The predicted molar refractivity (Wildman–Crippen MR) is 86.8 cm³/mol. The molecular weight excluding hydrogens is 361 g/mol. The summed E-state index contributed by atoms with van der Waals surface area (Å²) in [6.07, 6.45) is 0. The highest BCUT2D eigenvalue weighted by molar-refractivity contribution is 7.14. The van der Waals surface area contributed by atoms with E-state index in [1.165, 1.54) is 18.2 Å². The van der Waals surface area contributed by atoms with Gasteiger partial charge in [-0.1, -0.05) is 17.7 Å². The smallest absolute Gasteiger partial charge is 0.261 e. The summed E-state index contributed by atoms with van der Waals surface area (Å²) in [6.45, 7) is 0. The Morgan fingerprint density at radius 1 is 1.08 bits per heavy atom. The number of hydrogen-bond acceptors (Lipinski definition) is 3. The summed E-state index contributed by atoms with van der Waals surface area (Å²) in [5.74, 6) is -3.46. The van der Waals surface area contributed by atoms with Crippen molar-refractivity contribution in [1.82, 2.24) is 4.98 Å². The Morgan fingerprint density at radius 3 is 2.58 bits per heavy atom. The van der Waals surface area contributed by atoms with Gasteiger partial charge < -0.3 is 0 Å². The zero-order valence-electron chi connectivity index (χ0n) is 11.8. The van der Waals surface area contributed by atoms with E-state index in [0.717, 1.165) is 29.5 Å². The van der Waals surface area contributed by atoms with E-state index in [9.17, 15) is 18.0 Å². The normalized spacial score (nSPS) is 10.7. The fourth-order valence-electron chi connectivity index (χ4n) is 1.99.